The second-order valence-corrected chi connectivity index (χ2v) is 12.0. The first-order chi connectivity index (χ1) is 10.0. The van der Waals surface area contributed by atoms with Crippen LogP contribution in [0.1, 0.15) is 33.6 Å². The molecule has 1 aliphatic rings. The van der Waals surface area contributed by atoms with Gasteiger partial charge in [-0.25, -0.2) is 9.59 Å². The van der Waals surface area contributed by atoms with Gasteiger partial charge in [0.25, 0.3) is 0 Å². The van der Waals surface area contributed by atoms with Gasteiger partial charge >= 0.3 is 12.1 Å². The van der Waals surface area contributed by atoms with Crippen molar-refractivity contribution < 1.29 is 23.5 Å². The summed E-state index contributed by atoms with van der Waals surface area (Å²) in [6.45, 7) is 11.3. The number of carbonyl (C=O) groups is 2. The molecule has 22 heavy (non-hydrogen) atoms. The molecule has 128 valence electrons. The van der Waals surface area contributed by atoms with E-state index in [1.165, 1.54) is 19.1 Å². The number of piperidine rings is 1. The maximum Gasteiger partial charge on any atom is 0.410 e. The minimum atomic E-state index is -1.92. The summed E-state index contributed by atoms with van der Waals surface area (Å²) in [5.74, 6) is -0.406. The lowest BCUT2D eigenvalue weighted by Crippen LogP contribution is -2.55. The van der Waals surface area contributed by atoms with E-state index in [4.69, 9.17) is 13.9 Å². The van der Waals surface area contributed by atoms with Crippen molar-refractivity contribution in [2.75, 3.05) is 20.8 Å². The van der Waals surface area contributed by atoms with Crippen LogP contribution in [-0.2, 0) is 18.7 Å². The zero-order valence-corrected chi connectivity index (χ0v) is 15.8. The van der Waals surface area contributed by atoms with Crippen LogP contribution in [0, 0.1) is 0 Å². The quantitative estimate of drug-likeness (QED) is 0.588. The van der Waals surface area contributed by atoms with Crippen LogP contribution in [0.25, 0.3) is 0 Å². The molecule has 6 nitrogen and oxygen atoms in total. The number of carbonyl (C=O) groups excluding carboxylic acids is 2. The third-order valence-electron chi connectivity index (χ3n) is 4.69. The Kier molecular flexibility index (Phi) is 6.03. The highest BCUT2D eigenvalue weighted by molar-refractivity contribution is 6.74. The molecular weight excluding hydrogens is 302 g/mol. The van der Waals surface area contributed by atoms with Crippen molar-refractivity contribution in [3.05, 3.63) is 0 Å². The molecule has 0 N–H and O–H groups in total. The number of nitrogens with zero attached hydrogens (tertiary/aromatic N) is 1. The fourth-order valence-electron chi connectivity index (χ4n) is 2.33. The van der Waals surface area contributed by atoms with Crippen molar-refractivity contribution >= 4 is 20.4 Å². The number of likely N-dealkylation sites (tertiary alicyclic amines) is 1. The normalized spacial score (nSPS) is 23.1. The highest BCUT2D eigenvalue weighted by Gasteiger charge is 2.43. The molecule has 1 amide bonds. The lowest BCUT2D eigenvalue weighted by atomic mass is 10.0. The van der Waals surface area contributed by atoms with E-state index in [-0.39, 0.29) is 11.1 Å². The summed E-state index contributed by atoms with van der Waals surface area (Å²) in [6.07, 6.45) is 0.681. The molecule has 2 atom stereocenters. The predicted molar refractivity (Wildman–Crippen MR) is 86.2 cm³/mol. The summed E-state index contributed by atoms with van der Waals surface area (Å²) < 4.78 is 15.9. The molecule has 7 heteroatoms. The zero-order valence-electron chi connectivity index (χ0n) is 14.8. The number of hydrogen-bond donors (Lipinski definition) is 0. The van der Waals surface area contributed by atoms with Crippen LogP contribution in [-0.4, -0.2) is 58.2 Å². The molecular formula is C15H29NO5Si. The number of hydrogen-bond acceptors (Lipinski definition) is 5. The summed E-state index contributed by atoms with van der Waals surface area (Å²) >= 11 is 0. The van der Waals surface area contributed by atoms with Crippen molar-refractivity contribution in [2.24, 2.45) is 0 Å². The topological polar surface area (TPSA) is 65.1 Å². The van der Waals surface area contributed by atoms with Crippen molar-refractivity contribution in [2.45, 2.75) is 63.9 Å². The molecule has 0 saturated carbocycles. The second-order valence-electron chi connectivity index (χ2n) is 7.24. The molecule has 1 rings (SSSR count). The number of methoxy groups -OCH3 is 2. The van der Waals surface area contributed by atoms with Gasteiger partial charge in [-0.3, -0.25) is 4.90 Å². The second kappa shape index (κ2) is 7.00. The number of ether oxygens (including phenoxy) is 2. The Balaban J connectivity index is 2.84. The van der Waals surface area contributed by atoms with E-state index in [1.54, 1.807) is 0 Å². The molecule has 1 heterocycles. The van der Waals surface area contributed by atoms with Gasteiger partial charge in [-0.2, -0.15) is 0 Å². The minimum Gasteiger partial charge on any atom is -0.467 e. The molecule has 1 aliphatic heterocycles. The summed E-state index contributed by atoms with van der Waals surface area (Å²) in [5, 5.41) is 0.0995. The molecule has 0 unspecified atom stereocenters. The van der Waals surface area contributed by atoms with Gasteiger partial charge in [0.05, 0.1) is 20.3 Å². The maximum absolute atomic E-state index is 12.0. The summed E-state index contributed by atoms with van der Waals surface area (Å²) in [4.78, 5) is 25.2. The van der Waals surface area contributed by atoms with E-state index in [0.29, 0.717) is 13.0 Å². The molecule has 0 bridgehead atoms. The fourth-order valence-corrected chi connectivity index (χ4v) is 3.71. The highest BCUT2D eigenvalue weighted by Crippen LogP contribution is 2.38. The summed E-state index contributed by atoms with van der Waals surface area (Å²) in [6, 6.07) is -0.586. The molecule has 0 aliphatic carbocycles. The van der Waals surface area contributed by atoms with Gasteiger partial charge in [0, 0.05) is 6.54 Å². The smallest absolute Gasteiger partial charge is 0.410 e. The Hall–Kier alpha value is -1.08. The van der Waals surface area contributed by atoms with Crippen LogP contribution >= 0.6 is 0 Å². The Morgan fingerprint density at radius 1 is 1.09 bits per heavy atom. The molecule has 1 fully saturated rings. The lowest BCUT2D eigenvalue weighted by molar-refractivity contribution is -0.148. The third-order valence-corrected chi connectivity index (χ3v) is 9.22. The largest absolute Gasteiger partial charge is 0.467 e. The molecule has 0 aromatic carbocycles. The molecule has 0 spiro atoms. The van der Waals surface area contributed by atoms with Gasteiger partial charge in [0.15, 0.2) is 8.32 Å². The SMILES string of the molecule is COC(=O)[C@@H]1CC[C@@H](O[Si](C)(C)C(C)(C)C)CN1C(=O)OC. The van der Waals surface area contributed by atoms with E-state index in [1.807, 2.05) is 0 Å². The number of rotatable bonds is 3. The average molecular weight is 331 g/mol. The van der Waals surface area contributed by atoms with Crippen molar-refractivity contribution in [1.29, 1.82) is 0 Å². The lowest BCUT2D eigenvalue weighted by Gasteiger charge is -2.43. The van der Waals surface area contributed by atoms with Gasteiger partial charge in [-0.15, -0.1) is 0 Å². The Morgan fingerprint density at radius 3 is 2.14 bits per heavy atom. The van der Waals surface area contributed by atoms with Gasteiger partial charge in [0.2, 0.25) is 0 Å². The molecule has 1 saturated heterocycles. The van der Waals surface area contributed by atoms with Gasteiger partial charge < -0.3 is 13.9 Å². The van der Waals surface area contributed by atoms with E-state index in [0.717, 1.165) is 6.42 Å². The van der Waals surface area contributed by atoms with Gasteiger partial charge in [0.1, 0.15) is 6.04 Å². The fraction of sp³-hybridized carbons (Fsp3) is 0.867. The summed E-state index contributed by atoms with van der Waals surface area (Å²) in [5.41, 5.74) is 0. The first-order valence-corrected chi connectivity index (χ1v) is 10.5. The Morgan fingerprint density at radius 2 is 1.68 bits per heavy atom. The van der Waals surface area contributed by atoms with Crippen LogP contribution in [0.15, 0.2) is 0 Å². The van der Waals surface area contributed by atoms with Gasteiger partial charge in [-0.1, -0.05) is 20.8 Å². The van der Waals surface area contributed by atoms with E-state index in [2.05, 4.69) is 33.9 Å². The maximum atomic E-state index is 12.0. The van der Waals surface area contributed by atoms with E-state index in [9.17, 15) is 9.59 Å². The Labute approximate surface area is 134 Å². The first kappa shape index (κ1) is 19.0. The van der Waals surface area contributed by atoms with Crippen molar-refractivity contribution in [1.82, 2.24) is 4.90 Å². The van der Waals surface area contributed by atoms with Crippen LogP contribution < -0.4 is 0 Å². The van der Waals surface area contributed by atoms with Crippen molar-refractivity contribution in [3.63, 3.8) is 0 Å². The zero-order chi connectivity index (χ0) is 17.1. The first-order valence-electron chi connectivity index (χ1n) is 7.63. The van der Waals surface area contributed by atoms with Gasteiger partial charge in [-0.05, 0) is 31.0 Å². The van der Waals surface area contributed by atoms with Crippen LogP contribution in [0.3, 0.4) is 0 Å². The van der Waals surface area contributed by atoms with E-state index < -0.39 is 26.4 Å². The van der Waals surface area contributed by atoms with Crippen LogP contribution in [0.2, 0.25) is 18.1 Å². The predicted octanol–water partition coefficient (Wildman–Crippen LogP) is 2.78. The van der Waals surface area contributed by atoms with Crippen molar-refractivity contribution in [3.8, 4) is 0 Å². The number of esters is 1. The molecule has 0 aromatic heterocycles. The number of amides is 1. The summed E-state index contributed by atoms with van der Waals surface area (Å²) in [7, 11) is 0.725. The van der Waals surface area contributed by atoms with Crippen LogP contribution in [0.5, 0.6) is 0 Å². The minimum absolute atomic E-state index is 0.0686. The third kappa shape index (κ3) is 4.22. The molecule has 0 radical (unpaired) electrons. The molecule has 0 aromatic rings. The standard InChI is InChI=1S/C15H29NO5Si/c1-15(2,3)22(6,7)21-11-8-9-12(13(17)19-4)16(10-11)14(18)20-5/h11-12H,8-10H2,1-7H3/t11-,12+/m1/s1. The highest BCUT2D eigenvalue weighted by atomic mass is 28.4. The van der Waals surface area contributed by atoms with Crippen LogP contribution in [0.4, 0.5) is 4.79 Å². The monoisotopic (exact) mass is 331 g/mol. The van der Waals surface area contributed by atoms with E-state index >= 15 is 0 Å². The average Bonchev–Trinajstić information content (AvgIpc) is 2.43. The Bertz CT molecular complexity index is 419.